The molecule has 0 atom stereocenters. The van der Waals surface area contributed by atoms with Crippen molar-refractivity contribution in [3.8, 4) is 0 Å². The van der Waals surface area contributed by atoms with Gasteiger partial charge in [0, 0.05) is 26.4 Å². The fraction of sp³-hybridized carbons (Fsp3) is 0.250. The number of halogens is 1. The first-order valence-corrected chi connectivity index (χ1v) is 11.5. The number of rotatable bonds is 9. The Bertz CT molecular complexity index is 1090. The molecule has 0 bridgehead atoms. The van der Waals surface area contributed by atoms with Crippen molar-refractivity contribution >= 4 is 32.4 Å². The highest BCUT2D eigenvalue weighted by molar-refractivity contribution is 7.89. The fourth-order valence-corrected chi connectivity index (χ4v) is 4.70. The van der Waals surface area contributed by atoms with Gasteiger partial charge in [-0.25, -0.2) is 17.1 Å². The van der Waals surface area contributed by atoms with Crippen molar-refractivity contribution in [2.24, 2.45) is 0 Å². The van der Waals surface area contributed by atoms with E-state index in [0.717, 1.165) is 27.0 Å². The summed E-state index contributed by atoms with van der Waals surface area (Å²) < 4.78 is 39.0. The molecule has 3 rings (SSSR count). The van der Waals surface area contributed by atoms with Gasteiger partial charge in [0.2, 0.25) is 21.1 Å². The highest BCUT2D eigenvalue weighted by Crippen LogP contribution is 2.19. The van der Waals surface area contributed by atoms with Crippen LogP contribution in [0.25, 0.3) is 0 Å². The lowest BCUT2D eigenvalue weighted by Gasteiger charge is -2.16. The lowest BCUT2D eigenvalue weighted by atomic mass is 10.2. The second kappa shape index (κ2) is 9.88. The molecule has 0 saturated carbocycles. The van der Waals surface area contributed by atoms with Crippen molar-refractivity contribution in [3.63, 3.8) is 0 Å². The summed E-state index contributed by atoms with van der Waals surface area (Å²) in [5.74, 6) is -0.762. The van der Waals surface area contributed by atoms with Crippen LogP contribution in [-0.4, -0.2) is 42.4 Å². The van der Waals surface area contributed by atoms with E-state index >= 15 is 0 Å². The van der Waals surface area contributed by atoms with Gasteiger partial charge >= 0.3 is 0 Å². The highest BCUT2D eigenvalue weighted by atomic mass is 32.2. The van der Waals surface area contributed by atoms with Crippen LogP contribution in [0.2, 0.25) is 0 Å². The predicted molar refractivity (Wildman–Crippen MR) is 113 cm³/mol. The average molecular weight is 449 g/mol. The number of hydrogen-bond donors (Lipinski definition) is 1. The number of nitrogens with zero attached hydrogens (tertiary/aromatic N) is 3. The van der Waals surface area contributed by atoms with E-state index in [1.165, 1.54) is 30.5 Å². The fourth-order valence-electron chi connectivity index (χ4n) is 2.70. The summed E-state index contributed by atoms with van der Waals surface area (Å²) in [5, 5.41) is 12.0. The molecule has 0 fully saturated rings. The number of carbonyl (C=O) groups excluding carboxylic acids is 1. The molecule has 0 spiro atoms. The molecule has 0 saturated heterocycles. The minimum absolute atomic E-state index is 0.00987. The summed E-state index contributed by atoms with van der Waals surface area (Å²) in [6, 6.07) is 14.5. The third kappa shape index (κ3) is 5.91. The van der Waals surface area contributed by atoms with Gasteiger partial charge in [0.05, 0.1) is 4.90 Å². The van der Waals surface area contributed by atoms with Crippen molar-refractivity contribution < 1.29 is 17.6 Å². The summed E-state index contributed by atoms with van der Waals surface area (Å²) in [6.07, 6.45) is 1.11. The zero-order valence-corrected chi connectivity index (χ0v) is 17.9. The van der Waals surface area contributed by atoms with Crippen LogP contribution in [0.3, 0.4) is 0 Å². The molecule has 7 nitrogen and oxygen atoms in total. The van der Waals surface area contributed by atoms with E-state index < -0.39 is 15.8 Å². The second-order valence-corrected chi connectivity index (χ2v) is 9.70. The monoisotopic (exact) mass is 448 g/mol. The van der Waals surface area contributed by atoms with E-state index in [0.29, 0.717) is 18.0 Å². The minimum Gasteiger partial charge on any atom is -0.301 e. The summed E-state index contributed by atoms with van der Waals surface area (Å²) in [6.45, 7) is 0.155. The SMILES string of the molecule is CN(CCCC(=O)Nc1nnc(Cc2ccccc2)s1)S(=O)(=O)c1ccc(F)cc1. The molecule has 1 aromatic heterocycles. The highest BCUT2D eigenvalue weighted by Gasteiger charge is 2.20. The first-order valence-electron chi connectivity index (χ1n) is 9.22. The Hall–Kier alpha value is -2.69. The molecule has 0 unspecified atom stereocenters. The zero-order valence-electron chi connectivity index (χ0n) is 16.3. The lowest BCUT2D eigenvalue weighted by molar-refractivity contribution is -0.116. The number of carbonyl (C=O) groups is 1. The zero-order chi connectivity index (χ0) is 21.6. The van der Waals surface area contributed by atoms with Gasteiger partial charge in [-0.05, 0) is 36.2 Å². The standard InChI is InChI=1S/C20H21FN4O3S2/c1-25(30(27,28)17-11-9-16(21)10-12-17)13-5-8-18(26)22-20-24-23-19(29-20)14-15-6-3-2-4-7-15/h2-4,6-7,9-12H,5,8,13-14H2,1H3,(H,22,24,26). The van der Waals surface area contributed by atoms with Crippen molar-refractivity contribution in [1.29, 1.82) is 0 Å². The third-order valence-electron chi connectivity index (χ3n) is 4.31. The van der Waals surface area contributed by atoms with Crippen LogP contribution in [-0.2, 0) is 21.2 Å². The Morgan fingerprint density at radius 2 is 1.80 bits per heavy atom. The Labute approximate surface area is 178 Å². The molecule has 158 valence electrons. The molecule has 3 aromatic rings. The normalized spacial score (nSPS) is 11.6. The predicted octanol–water partition coefficient (Wildman–Crippen LogP) is 3.31. The number of hydrogen-bond acceptors (Lipinski definition) is 6. The smallest absolute Gasteiger partial charge is 0.242 e. The third-order valence-corrected chi connectivity index (χ3v) is 7.02. The van der Waals surface area contributed by atoms with Crippen molar-refractivity contribution in [2.45, 2.75) is 24.2 Å². The molecule has 1 N–H and O–H groups in total. The lowest BCUT2D eigenvalue weighted by Crippen LogP contribution is -2.28. The maximum atomic E-state index is 13.0. The van der Waals surface area contributed by atoms with Crippen LogP contribution >= 0.6 is 11.3 Å². The van der Waals surface area contributed by atoms with E-state index in [-0.39, 0.29) is 23.8 Å². The molecular weight excluding hydrogens is 427 g/mol. The molecule has 0 radical (unpaired) electrons. The van der Waals surface area contributed by atoms with Crippen molar-refractivity contribution in [3.05, 3.63) is 71.0 Å². The molecule has 30 heavy (non-hydrogen) atoms. The van der Waals surface area contributed by atoms with Gasteiger partial charge in [0.15, 0.2) is 0 Å². The number of nitrogens with one attached hydrogen (secondary N) is 1. The van der Waals surface area contributed by atoms with E-state index in [2.05, 4.69) is 15.5 Å². The van der Waals surface area contributed by atoms with Crippen LogP contribution in [0.15, 0.2) is 59.5 Å². The van der Waals surface area contributed by atoms with E-state index in [4.69, 9.17) is 0 Å². The van der Waals surface area contributed by atoms with Gasteiger partial charge in [-0.15, -0.1) is 10.2 Å². The van der Waals surface area contributed by atoms with Gasteiger partial charge in [0.25, 0.3) is 0 Å². The molecule has 0 aliphatic rings. The number of benzene rings is 2. The van der Waals surface area contributed by atoms with Crippen LogP contribution in [0.5, 0.6) is 0 Å². The maximum Gasteiger partial charge on any atom is 0.242 e. The first-order chi connectivity index (χ1) is 14.3. The molecule has 2 aromatic carbocycles. The van der Waals surface area contributed by atoms with E-state index in [1.54, 1.807) is 0 Å². The summed E-state index contributed by atoms with van der Waals surface area (Å²) in [5.41, 5.74) is 1.11. The molecule has 1 heterocycles. The Morgan fingerprint density at radius 1 is 1.10 bits per heavy atom. The quantitative estimate of drug-likeness (QED) is 0.542. The molecule has 10 heteroatoms. The van der Waals surface area contributed by atoms with E-state index in [9.17, 15) is 17.6 Å². The van der Waals surface area contributed by atoms with Gasteiger partial charge in [-0.3, -0.25) is 4.79 Å². The maximum absolute atomic E-state index is 13.0. The van der Waals surface area contributed by atoms with Crippen molar-refractivity contribution in [2.75, 3.05) is 18.9 Å². The molecule has 1 amide bonds. The van der Waals surface area contributed by atoms with Crippen molar-refractivity contribution in [1.82, 2.24) is 14.5 Å². The Morgan fingerprint density at radius 3 is 2.50 bits per heavy atom. The summed E-state index contributed by atoms with van der Waals surface area (Å²) >= 11 is 1.31. The molecular formula is C20H21FN4O3S2. The topological polar surface area (TPSA) is 92.3 Å². The first kappa shape index (κ1) is 22.0. The largest absolute Gasteiger partial charge is 0.301 e. The van der Waals surface area contributed by atoms with Gasteiger partial charge in [0.1, 0.15) is 10.8 Å². The van der Waals surface area contributed by atoms with Crippen LogP contribution in [0.1, 0.15) is 23.4 Å². The number of amides is 1. The summed E-state index contributed by atoms with van der Waals surface area (Å²) in [7, 11) is -2.30. The Kier molecular flexibility index (Phi) is 7.24. The second-order valence-electron chi connectivity index (χ2n) is 6.60. The van der Waals surface area contributed by atoms with Crippen LogP contribution in [0.4, 0.5) is 9.52 Å². The number of aromatic nitrogens is 2. The van der Waals surface area contributed by atoms with Gasteiger partial charge in [-0.2, -0.15) is 0 Å². The van der Waals surface area contributed by atoms with Crippen LogP contribution < -0.4 is 5.32 Å². The molecule has 0 aliphatic heterocycles. The number of anilines is 1. The minimum atomic E-state index is -3.72. The summed E-state index contributed by atoms with van der Waals surface area (Å²) in [4.78, 5) is 12.1. The Balaban J connectivity index is 1.46. The molecule has 0 aliphatic carbocycles. The number of sulfonamides is 1. The van der Waals surface area contributed by atoms with E-state index in [1.807, 2.05) is 30.3 Å². The van der Waals surface area contributed by atoms with Gasteiger partial charge in [-0.1, -0.05) is 41.7 Å². The van der Waals surface area contributed by atoms with Gasteiger partial charge < -0.3 is 5.32 Å². The van der Waals surface area contributed by atoms with Crippen LogP contribution in [0, 0.1) is 5.82 Å². The average Bonchev–Trinajstić information content (AvgIpc) is 3.15.